The van der Waals surface area contributed by atoms with Gasteiger partial charge in [0.25, 0.3) is 11.6 Å². The number of alkyl halides is 3. The Kier molecular flexibility index (Phi) is 8.03. The van der Waals surface area contributed by atoms with Crippen LogP contribution in [-0.4, -0.2) is 39.5 Å². The largest absolute Gasteiger partial charge is 0.483 e. The van der Waals surface area contributed by atoms with Crippen molar-refractivity contribution in [3.8, 4) is 5.75 Å². The van der Waals surface area contributed by atoms with Gasteiger partial charge in [-0.25, -0.2) is 0 Å². The molecule has 4 unspecified atom stereocenters. The summed E-state index contributed by atoms with van der Waals surface area (Å²) in [5, 5.41) is 14.4. The van der Waals surface area contributed by atoms with Crippen molar-refractivity contribution in [1.29, 1.82) is 0 Å². The molecule has 3 amide bonds. The number of aromatic amines is 1. The van der Waals surface area contributed by atoms with Crippen molar-refractivity contribution in [1.82, 2.24) is 4.98 Å². The fraction of sp³-hybridized carbons (Fsp3) is 0.294. The Morgan fingerprint density at radius 3 is 2.47 bits per heavy atom. The predicted octanol–water partition coefficient (Wildman–Crippen LogP) is 6.71. The number of non-ortho nitro benzene ring substituents is 1. The fourth-order valence-electron chi connectivity index (χ4n) is 8.35. The maximum absolute atomic E-state index is 14.1. The molecule has 1 saturated heterocycles. The number of hydrogen-bond donors (Lipinski definition) is 2. The molecule has 4 aromatic rings. The fourth-order valence-corrected chi connectivity index (χ4v) is 11.4. The number of halogens is 4. The third-order valence-corrected chi connectivity index (χ3v) is 13.0. The van der Waals surface area contributed by atoms with Gasteiger partial charge >= 0.3 is 11.0 Å². The van der Waals surface area contributed by atoms with Gasteiger partial charge in [0.2, 0.25) is 11.8 Å². The molecule has 3 fully saturated rings. The average molecular weight is 757 g/mol. The Morgan fingerprint density at radius 1 is 1.04 bits per heavy atom. The molecule has 11 nitrogen and oxygen atoms in total. The van der Waals surface area contributed by atoms with Gasteiger partial charge in [0.15, 0.2) is 6.61 Å². The zero-order valence-corrected chi connectivity index (χ0v) is 28.3. The second kappa shape index (κ2) is 12.2. The van der Waals surface area contributed by atoms with Gasteiger partial charge in [-0.05, 0) is 72.7 Å². The van der Waals surface area contributed by atoms with E-state index in [2.05, 4.69) is 10.3 Å². The first-order valence-electron chi connectivity index (χ1n) is 15.7. The van der Waals surface area contributed by atoms with Crippen LogP contribution in [0.25, 0.3) is 0 Å². The first kappa shape index (κ1) is 33.5. The number of thiazole rings is 1. The van der Waals surface area contributed by atoms with Crippen LogP contribution in [0.1, 0.15) is 28.3 Å². The number of hydrogen-bond acceptors (Lipinski definition) is 9. The van der Waals surface area contributed by atoms with Crippen molar-refractivity contribution in [3.63, 3.8) is 0 Å². The van der Waals surface area contributed by atoms with E-state index in [0.717, 1.165) is 28.4 Å². The molecule has 0 radical (unpaired) electrons. The summed E-state index contributed by atoms with van der Waals surface area (Å²) in [6, 6.07) is 14.3. The first-order chi connectivity index (χ1) is 24.3. The molecule has 3 heterocycles. The lowest BCUT2D eigenvalue weighted by atomic mass is 9.68. The monoisotopic (exact) mass is 756 g/mol. The van der Waals surface area contributed by atoms with Crippen molar-refractivity contribution in [2.45, 2.75) is 28.8 Å². The molecule has 2 aliphatic carbocycles. The van der Waals surface area contributed by atoms with E-state index in [0.29, 0.717) is 26.9 Å². The molecule has 2 bridgehead atoms. The lowest BCUT2D eigenvalue weighted by Gasteiger charge is -2.43. The van der Waals surface area contributed by atoms with Crippen LogP contribution in [0.4, 0.5) is 30.2 Å². The summed E-state index contributed by atoms with van der Waals surface area (Å²) in [7, 11) is 0. The Hall–Kier alpha value is -4.67. The van der Waals surface area contributed by atoms with Gasteiger partial charge in [0.1, 0.15) is 5.75 Å². The number of anilines is 2. The summed E-state index contributed by atoms with van der Waals surface area (Å²) in [5.41, 5.74) is -0.322. The van der Waals surface area contributed by atoms with Crippen LogP contribution < -0.4 is 19.8 Å². The van der Waals surface area contributed by atoms with Crippen LogP contribution in [0.3, 0.4) is 0 Å². The number of amides is 3. The molecule has 4 aliphatic rings. The number of H-pyrrole nitrogens is 1. The molecule has 7 atom stereocenters. The number of nitrogens with zero attached hydrogens (tertiary/aromatic N) is 2. The number of carbonyl (C=O) groups excluding carboxylic acids is 3. The highest BCUT2D eigenvalue weighted by atomic mass is 35.5. The van der Waals surface area contributed by atoms with Crippen molar-refractivity contribution >= 4 is 69.5 Å². The van der Waals surface area contributed by atoms with E-state index >= 15 is 0 Å². The van der Waals surface area contributed by atoms with Gasteiger partial charge in [0, 0.05) is 44.5 Å². The van der Waals surface area contributed by atoms with Crippen LogP contribution in [0.2, 0.25) is 5.02 Å². The van der Waals surface area contributed by atoms with Crippen LogP contribution in [-0.2, 0) is 20.6 Å². The van der Waals surface area contributed by atoms with Crippen LogP contribution in [0, 0.1) is 39.7 Å². The minimum absolute atomic E-state index is 0.0567. The van der Waals surface area contributed by atoms with Gasteiger partial charge in [-0.15, -0.1) is 11.8 Å². The van der Waals surface area contributed by atoms with E-state index in [4.69, 9.17) is 16.3 Å². The Morgan fingerprint density at radius 2 is 1.76 bits per heavy atom. The standard InChI is InChI=1S/C34H24ClF3N4O7S2/c35-15-4-9-22(49-13-23(43)39-16-3-1-2-14(10-16)34(36,37)38)19(11-15)24-25-20-12-21(28(25)50-30-29(24)51-33(46)40-30)27-26(20)31(44)41(32(27)45)17-5-7-18(8-6-17)42(47)48/h1-11,20-21,24-28H,12-13H2,(H,39,43)(H,40,46)/t20-,21-,24-,25?,26?,27?,28?/m1/s1. The molecule has 3 aromatic carbocycles. The van der Waals surface area contributed by atoms with E-state index < -0.39 is 46.9 Å². The van der Waals surface area contributed by atoms with Crippen molar-refractivity contribution in [2.24, 2.45) is 29.6 Å². The van der Waals surface area contributed by atoms with Gasteiger partial charge in [-0.1, -0.05) is 29.0 Å². The summed E-state index contributed by atoms with van der Waals surface area (Å²) < 4.78 is 45.6. The summed E-state index contributed by atoms with van der Waals surface area (Å²) in [6.45, 7) is -0.551. The Balaban J connectivity index is 1.11. The summed E-state index contributed by atoms with van der Waals surface area (Å²) in [6.07, 6.45) is -4.00. The second-order valence-electron chi connectivity index (χ2n) is 12.8. The summed E-state index contributed by atoms with van der Waals surface area (Å²) in [5.74, 6) is -3.67. The third kappa shape index (κ3) is 5.60. The number of fused-ring (bicyclic) bond motifs is 9. The molecule has 2 saturated carbocycles. The van der Waals surface area contributed by atoms with Crippen LogP contribution >= 0.6 is 34.7 Å². The lowest BCUT2D eigenvalue weighted by molar-refractivity contribution is -0.384. The first-order valence-corrected chi connectivity index (χ1v) is 17.8. The molecule has 262 valence electrons. The van der Waals surface area contributed by atoms with Gasteiger partial charge < -0.3 is 15.0 Å². The molecule has 1 aromatic heterocycles. The number of carbonyl (C=O) groups is 3. The van der Waals surface area contributed by atoms with E-state index in [1.165, 1.54) is 48.2 Å². The predicted molar refractivity (Wildman–Crippen MR) is 181 cm³/mol. The zero-order chi connectivity index (χ0) is 35.9. The van der Waals surface area contributed by atoms with E-state index in [1.807, 2.05) is 0 Å². The van der Waals surface area contributed by atoms with Crippen LogP contribution in [0.15, 0.2) is 76.6 Å². The average Bonchev–Trinajstić information content (AvgIpc) is 3.82. The highest BCUT2D eigenvalue weighted by Crippen LogP contribution is 2.69. The number of aromatic nitrogens is 1. The quantitative estimate of drug-likeness (QED) is 0.120. The minimum atomic E-state index is -4.59. The number of nitro benzene ring substituents is 1. The number of imide groups is 1. The molecule has 0 spiro atoms. The van der Waals surface area contributed by atoms with E-state index in [-0.39, 0.29) is 62.5 Å². The summed E-state index contributed by atoms with van der Waals surface area (Å²) in [4.78, 5) is 68.7. The Labute approximate surface area is 299 Å². The van der Waals surface area contributed by atoms with E-state index in [9.17, 15) is 42.5 Å². The summed E-state index contributed by atoms with van der Waals surface area (Å²) >= 11 is 9.01. The third-order valence-electron chi connectivity index (χ3n) is 10.2. The molecule has 2 N–H and O–H groups in total. The molecule has 17 heteroatoms. The van der Waals surface area contributed by atoms with Gasteiger partial charge in [0.05, 0.1) is 33.0 Å². The zero-order valence-electron chi connectivity index (χ0n) is 25.9. The lowest BCUT2D eigenvalue weighted by Crippen LogP contribution is -2.42. The number of nitrogens with one attached hydrogen (secondary N) is 2. The smallest absolute Gasteiger partial charge is 0.416 e. The minimum Gasteiger partial charge on any atom is -0.483 e. The number of ether oxygens (including phenoxy) is 1. The topological polar surface area (TPSA) is 152 Å². The SMILES string of the molecule is O=C(COc1ccc(Cl)cc1[C@H]1c2sc(=O)[nH]c2SC2C1[C@H]1C[C@@H]2C2C(=O)N(c3ccc([N+](=O)[O-])cc3)C(=O)C21)Nc1cccc(C(F)(F)F)c1. The normalized spacial score (nSPS) is 26.1. The maximum atomic E-state index is 14.1. The molecule has 8 rings (SSSR count). The molecular weight excluding hydrogens is 733 g/mol. The number of rotatable bonds is 7. The highest BCUT2D eigenvalue weighted by molar-refractivity contribution is 8.00. The van der Waals surface area contributed by atoms with Crippen LogP contribution in [0.5, 0.6) is 5.75 Å². The number of benzene rings is 3. The number of nitro groups is 1. The number of thioether (sulfide) groups is 1. The van der Waals surface area contributed by atoms with Gasteiger partial charge in [-0.3, -0.25) is 34.2 Å². The van der Waals surface area contributed by atoms with Gasteiger partial charge in [-0.2, -0.15) is 13.2 Å². The molecular formula is C34H24ClF3N4O7S2. The van der Waals surface area contributed by atoms with E-state index in [1.54, 1.807) is 18.2 Å². The maximum Gasteiger partial charge on any atom is 0.416 e. The molecule has 2 aliphatic heterocycles. The van der Waals surface area contributed by atoms with Crippen molar-refractivity contribution in [2.75, 3.05) is 16.8 Å². The Bertz CT molecular complexity index is 2190. The highest BCUT2D eigenvalue weighted by Gasteiger charge is 2.70. The second-order valence-corrected chi connectivity index (χ2v) is 15.5. The van der Waals surface area contributed by atoms with Crippen molar-refractivity contribution in [3.05, 3.63) is 108 Å². The molecule has 51 heavy (non-hydrogen) atoms. The van der Waals surface area contributed by atoms with Crippen molar-refractivity contribution < 1.29 is 37.2 Å².